The summed E-state index contributed by atoms with van der Waals surface area (Å²) < 4.78 is 11.9. The molecule has 2 heteroatoms. The van der Waals surface area contributed by atoms with Gasteiger partial charge in [-0.1, -0.05) is 38.1 Å². The largest absolute Gasteiger partial charge is 0.319 e. The van der Waals surface area contributed by atoms with Crippen LogP contribution in [0.1, 0.15) is 25.3 Å². The first kappa shape index (κ1) is 10.5. The molecule has 0 radical (unpaired) electrons. The Labute approximate surface area is 80.5 Å². The Kier molecular flexibility index (Phi) is 2.98. The van der Waals surface area contributed by atoms with E-state index in [1.165, 1.54) is 5.56 Å². The van der Waals surface area contributed by atoms with Crippen molar-refractivity contribution in [3.05, 3.63) is 29.8 Å². The van der Waals surface area contributed by atoms with Crippen LogP contribution in [-0.2, 0) is 4.57 Å². The fourth-order valence-electron chi connectivity index (χ4n) is 1.47. The number of hydrogen-bond donors (Lipinski definition) is 0. The minimum Gasteiger partial charge on any atom is -0.319 e. The molecule has 0 fully saturated rings. The van der Waals surface area contributed by atoms with E-state index in [4.69, 9.17) is 0 Å². The van der Waals surface area contributed by atoms with E-state index in [-0.39, 0.29) is 0 Å². The quantitative estimate of drug-likeness (QED) is 0.664. The smallest absolute Gasteiger partial charge is 0.110 e. The maximum Gasteiger partial charge on any atom is 0.110 e. The van der Waals surface area contributed by atoms with Gasteiger partial charge in [-0.3, -0.25) is 0 Å². The lowest BCUT2D eigenvalue weighted by atomic mass is 10.0. The molecule has 1 aromatic rings. The normalized spacial score (nSPS) is 12.1. The standard InChI is InChI=1S/C11H17OP/c1-9(2)10-7-5-6-8-11(10)13(3,4)12/h5-9H,1-4H3. The molecule has 13 heavy (non-hydrogen) atoms. The molecular formula is C11H17OP. The average Bonchev–Trinajstić information content (AvgIpc) is 2.03. The third-order valence-corrected chi connectivity index (χ3v) is 3.71. The van der Waals surface area contributed by atoms with Gasteiger partial charge >= 0.3 is 0 Å². The van der Waals surface area contributed by atoms with Gasteiger partial charge in [0.05, 0.1) is 0 Å². The van der Waals surface area contributed by atoms with Crippen LogP contribution < -0.4 is 5.30 Å². The van der Waals surface area contributed by atoms with Crippen molar-refractivity contribution in [2.24, 2.45) is 0 Å². The Hall–Kier alpha value is -0.550. The Morgan fingerprint density at radius 1 is 1.15 bits per heavy atom. The van der Waals surface area contributed by atoms with Crippen LogP contribution in [0.25, 0.3) is 0 Å². The minimum absolute atomic E-state index is 0.449. The predicted molar refractivity (Wildman–Crippen MR) is 59.6 cm³/mol. The van der Waals surface area contributed by atoms with Crippen molar-refractivity contribution in [2.75, 3.05) is 13.3 Å². The summed E-state index contributed by atoms with van der Waals surface area (Å²) in [5.74, 6) is 0.449. The van der Waals surface area contributed by atoms with Crippen LogP contribution in [0.4, 0.5) is 0 Å². The second kappa shape index (κ2) is 3.67. The Morgan fingerprint density at radius 2 is 1.69 bits per heavy atom. The van der Waals surface area contributed by atoms with E-state index in [9.17, 15) is 4.57 Å². The van der Waals surface area contributed by atoms with Gasteiger partial charge in [-0.2, -0.15) is 0 Å². The van der Waals surface area contributed by atoms with E-state index in [0.717, 1.165) is 5.30 Å². The SMILES string of the molecule is CC(C)c1ccccc1P(C)(C)=O. The van der Waals surface area contributed by atoms with Crippen LogP contribution in [0.5, 0.6) is 0 Å². The van der Waals surface area contributed by atoms with Crippen molar-refractivity contribution >= 4 is 12.4 Å². The molecule has 1 aromatic carbocycles. The van der Waals surface area contributed by atoms with E-state index in [1.54, 1.807) is 0 Å². The zero-order valence-electron chi connectivity index (χ0n) is 8.74. The summed E-state index contributed by atoms with van der Waals surface area (Å²) in [5, 5.41) is 1.03. The van der Waals surface area contributed by atoms with Gasteiger partial charge in [0.25, 0.3) is 0 Å². The first-order chi connectivity index (χ1) is 5.93. The molecule has 0 aliphatic heterocycles. The fraction of sp³-hybridized carbons (Fsp3) is 0.455. The Balaban J connectivity index is 3.29. The zero-order valence-corrected chi connectivity index (χ0v) is 9.64. The van der Waals surface area contributed by atoms with Crippen LogP contribution in [0.2, 0.25) is 0 Å². The summed E-state index contributed by atoms with van der Waals surface area (Å²) in [6, 6.07) is 8.02. The highest BCUT2D eigenvalue weighted by atomic mass is 31.2. The maximum absolute atomic E-state index is 11.9. The molecule has 1 rings (SSSR count). The lowest BCUT2D eigenvalue weighted by Crippen LogP contribution is -2.10. The van der Waals surface area contributed by atoms with Crippen LogP contribution in [0.3, 0.4) is 0 Å². The highest BCUT2D eigenvalue weighted by molar-refractivity contribution is 7.70. The lowest BCUT2D eigenvalue weighted by Gasteiger charge is -2.15. The third kappa shape index (κ3) is 2.45. The highest BCUT2D eigenvalue weighted by Gasteiger charge is 2.16. The monoisotopic (exact) mass is 196 g/mol. The van der Waals surface area contributed by atoms with Gasteiger partial charge < -0.3 is 4.57 Å². The van der Waals surface area contributed by atoms with Crippen molar-refractivity contribution in [3.63, 3.8) is 0 Å². The summed E-state index contributed by atoms with van der Waals surface area (Å²) in [4.78, 5) is 0. The molecule has 0 N–H and O–H groups in total. The Morgan fingerprint density at radius 3 is 2.08 bits per heavy atom. The van der Waals surface area contributed by atoms with Gasteiger partial charge in [-0.05, 0) is 24.8 Å². The van der Waals surface area contributed by atoms with E-state index in [1.807, 2.05) is 31.5 Å². The highest BCUT2D eigenvalue weighted by Crippen LogP contribution is 2.37. The number of hydrogen-bond acceptors (Lipinski definition) is 1. The van der Waals surface area contributed by atoms with Crippen molar-refractivity contribution in [2.45, 2.75) is 19.8 Å². The van der Waals surface area contributed by atoms with E-state index < -0.39 is 7.14 Å². The summed E-state index contributed by atoms with van der Waals surface area (Å²) in [5.41, 5.74) is 1.22. The van der Waals surface area contributed by atoms with Crippen LogP contribution >= 0.6 is 7.14 Å². The summed E-state index contributed by atoms with van der Waals surface area (Å²) in [7, 11) is -2.11. The van der Waals surface area contributed by atoms with Crippen LogP contribution in [0, 0.1) is 0 Å². The number of benzene rings is 1. The maximum atomic E-state index is 11.9. The molecule has 0 spiro atoms. The summed E-state index contributed by atoms with van der Waals surface area (Å²) in [6.45, 7) is 7.92. The molecule has 0 amide bonds. The summed E-state index contributed by atoms with van der Waals surface area (Å²) >= 11 is 0. The van der Waals surface area contributed by atoms with Crippen molar-refractivity contribution in [1.29, 1.82) is 0 Å². The van der Waals surface area contributed by atoms with Crippen LogP contribution in [0.15, 0.2) is 24.3 Å². The molecule has 0 bridgehead atoms. The van der Waals surface area contributed by atoms with Gasteiger partial charge in [0.15, 0.2) is 0 Å². The van der Waals surface area contributed by atoms with Gasteiger partial charge in [0, 0.05) is 5.30 Å². The van der Waals surface area contributed by atoms with Crippen LogP contribution in [-0.4, -0.2) is 13.3 Å². The van der Waals surface area contributed by atoms with Gasteiger partial charge in [0.2, 0.25) is 0 Å². The van der Waals surface area contributed by atoms with E-state index >= 15 is 0 Å². The van der Waals surface area contributed by atoms with Gasteiger partial charge in [-0.15, -0.1) is 0 Å². The van der Waals surface area contributed by atoms with E-state index in [2.05, 4.69) is 19.9 Å². The second-order valence-electron chi connectivity index (χ2n) is 4.06. The summed E-state index contributed by atoms with van der Waals surface area (Å²) in [6.07, 6.45) is 0. The van der Waals surface area contributed by atoms with E-state index in [0.29, 0.717) is 5.92 Å². The number of rotatable bonds is 2. The molecule has 0 aromatic heterocycles. The fourth-order valence-corrected chi connectivity index (χ4v) is 2.87. The first-order valence-corrected chi connectivity index (χ1v) is 7.17. The lowest BCUT2D eigenvalue weighted by molar-refractivity contribution is 0.588. The molecule has 0 saturated carbocycles. The van der Waals surface area contributed by atoms with Gasteiger partial charge in [-0.25, -0.2) is 0 Å². The van der Waals surface area contributed by atoms with Gasteiger partial charge in [0.1, 0.15) is 7.14 Å². The molecule has 72 valence electrons. The molecule has 0 aliphatic carbocycles. The molecule has 0 atom stereocenters. The average molecular weight is 196 g/mol. The predicted octanol–water partition coefficient (Wildman–Crippen LogP) is 3.06. The molecule has 0 heterocycles. The molecule has 0 unspecified atom stereocenters. The molecular weight excluding hydrogens is 179 g/mol. The van der Waals surface area contributed by atoms with Crippen molar-refractivity contribution < 1.29 is 4.57 Å². The second-order valence-corrected chi connectivity index (χ2v) is 7.25. The first-order valence-electron chi connectivity index (χ1n) is 4.57. The Bertz CT molecular complexity index is 336. The zero-order chi connectivity index (χ0) is 10.1. The molecule has 0 saturated heterocycles. The van der Waals surface area contributed by atoms with Crippen molar-refractivity contribution in [3.8, 4) is 0 Å². The third-order valence-electron chi connectivity index (χ3n) is 2.14. The molecule has 1 nitrogen and oxygen atoms in total. The van der Waals surface area contributed by atoms with Crippen molar-refractivity contribution in [1.82, 2.24) is 0 Å². The minimum atomic E-state index is -2.11. The topological polar surface area (TPSA) is 17.1 Å². The molecule has 0 aliphatic rings.